The molecule has 4 rings (SSSR count). The van der Waals surface area contributed by atoms with E-state index in [0.717, 1.165) is 43.5 Å². The molecule has 26 heavy (non-hydrogen) atoms. The minimum atomic E-state index is -0.282. The highest BCUT2D eigenvalue weighted by atomic mass is 16.5. The Hall–Kier alpha value is -2.63. The number of nitrogens with zero attached hydrogens (tertiary/aromatic N) is 3. The molecule has 1 aromatic carbocycles. The first-order chi connectivity index (χ1) is 12.7. The van der Waals surface area contributed by atoms with E-state index in [4.69, 9.17) is 9.72 Å². The predicted octanol–water partition coefficient (Wildman–Crippen LogP) is 3.14. The molecular weight excluding hydrogens is 328 g/mol. The van der Waals surface area contributed by atoms with Gasteiger partial charge >= 0.3 is 5.97 Å². The molecule has 2 aliphatic rings. The van der Waals surface area contributed by atoms with E-state index in [1.807, 2.05) is 24.3 Å². The van der Waals surface area contributed by atoms with Crippen molar-refractivity contribution in [1.82, 2.24) is 9.97 Å². The third-order valence-corrected chi connectivity index (χ3v) is 4.99. The smallest absolute Gasteiger partial charge is 0.337 e. The van der Waals surface area contributed by atoms with E-state index in [2.05, 4.69) is 22.1 Å². The Morgan fingerprint density at radius 2 is 2.12 bits per heavy atom. The van der Waals surface area contributed by atoms with Crippen LogP contribution in [0.25, 0.3) is 0 Å². The molecule has 0 radical (unpaired) electrons. The third kappa shape index (κ3) is 3.36. The van der Waals surface area contributed by atoms with Crippen LogP contribution in [0.3, 0.4) is 0 Å². The fourth-order valence-electron chi connectivity index (χ4n) is 3.40. The van der Waals surface area contributed by atoms with Crippen LogP contribution in [0.5, 0.6) is 0 Å². The highest BCUT2D eigenvalue weighted by Crippen LogP contribution is 2.39. The van der Waals surface area contributed by atoms with Crippen LogP contribution < -0.4 is 10.2 Å². The summed E-state index contributed by atoms with van der Waals surface area (Å²) in [5.41, 5.74) is 3.07. The topological polar surface area (TPSA) is 67.4 Å². The number of benzene rings is 1. The minimum Gasteiger partial charge on any atom is -0.465 e. The van der Waals surface area contributed by atoms with Crippen LogP contribution in [0.2, 0.25) is 0 Å². The molecule has 136 valence electrons. The number of hydrogen-bond donors (Lipinski definition) is 1. The van der Waals surface area contributed by atoms with Gasteiger partial charge in [0.1, 0.15) is 17.5 Å². The average molecular weight is 352 g/mol. The summed E-state index contributed by atoms with van der Waals surface area (Å²) in [7, 11) is 1.41. The van der Waals surface area contributed by atoms with Crippen molar-refractivity contribution < 1.29 is 9.53 Å². The van der Waals surface area contributed by atoms with Gasteiger partial charge < -0.3 is 15.0 Å². The van der Waals surface area contributed by atoms with Crippen molar-refractivity contribution in [2.45, 2.75) is 38.6 Å². The van der Waals surface area contributed by atoms with Crippen molar-refractivity contribution >= 4 is 17.6 Å². The minimum absolute atomic E-state index is 0.282. The predicted molar refractivity (Wildman–Crippen MR) is 101 cm³/mol. The number of ether oxygens (including phenoxy) is 1. The molecule has 1 aliphatic heterocycles. The van der Waals surface area contributed by atoms with Gasteiger partial charge in [0.25, 0.3) is 0 Å². The highest BCUT2D eigenvalue weighted by molar-refractivity contribution is 5.89. The van der Waals surface area contributed by atoms with Gasteiger partial charge in [0.15, 0.2) is 0 Å². The van der Waals surface area contributed by atoms with Gasteiger partial charge in [-0.2, -0.15) is 0 Å². The number of anilines is 2. The number of methoxy groups -OCH3 is 1. The zero-order valence-corrected chi connectivity index (χ0v) is 15.3. The molecule has 1 fully saturated rings. The average Bonchev–Trinajstić information content (AvgIpc) is 3.52. The van der Waals surface area contributed by atoms with Crippen molar-refractivity contribution in [2.24, 2.45) is 0 Å². The van der Waals surface area contributed by atoms with E-state index < -0.39 is 0 Å². The summed E-state index contributed by atoms with van der Waals surface area (Å²) in [6.07, 6.45) is 3.27. The normalized spacial score (nSPS) is 16.2. The van der Waals surface area contributed by atoms with Crippen LogP contribution in [0.4, 0.5) is 11.6 Å². The van der Waals surface area contributed by atoms with Gasteiger partial charge in [-0.05, 0) is 49.4 Å². The molecule has 1 N–H and O–H groups in total. The molecular formula is C20H24N4O2. The summed E-state index contributed by atoms with van der Waals surface area (Å²) in [6.45, 7) is 4.60. The number of aromatic nitrogens is 2. The van der Waals surface area contributed by atoms with Gasteiger partial charge in [-0.1, -0.05) is 6.07 Å². The maximum Gasteiger partial charge on any atom is 0.337 e. The molecule has 6 heteroatoms. The summed E-state index contributed by atoms with van der Waals surface area (Å²) in [4.78, 5) is 23.5. The summed E-state index contributed by atoms with van der Waals surface area (Å²) in [6, 6.07) is 7.87. The molecule has 0 saturated heterocycles. The molecule has 6 nitrogen and oxygen atoms in total. The number of hydrogen-bond acceptors (Lipinski definition) is 6. The third-order valence-electron chi connectivity index (χ3n) is 4.99. The maximum atomic E-state index is 11.7. The number of esters is 1. The van der Waals surface area contributed by atoms with E-state index in [1.54, 1.807) is 0 Å². The van der Waals surface area contributed by atoms with Crippen LogP contribution in [-0.4, -0.2) is 36.1 Å². The number of carbonyl (C=O) groups excluding carboxylic acids is 1. The molecule has 0 atom stereocenters. The van der Waals surface area contributed by atoms with Crippen LogP contribution in [0.1, 0.15) is 53.0 Å². The van der Waals surface area contributed by atoms with Crippen LogP contribution in [0.15, 0.2) is 24.3 Å². The molecule has 0 amide bonds. The number of nitrogens with one attached hydrogen (secondary N) is 1. The molecule has 0 spiro atoms. The number of carbonyl (C=O) groups is 1. The lowest BCUT2D eigenvalue weighted by atomic mass is 9.97. The second-order valence-electron chi connectivity index (χ2n) is 6.92. The van der Waals surface area contributed by atoms with Gasteiger partial charge in [-0.15, -0.1) is 0 Å². The van der Waals surface area contributed by atoms with Gasteiger partial charge in [0.05, 0.1) is 12.7 Å². The van der Waals surface area contributed by atoms with Gasteiger partial charge in [0.2, 0.25) is 0 Å². The molecule has 0 bridgehead atoms. The first kappa shape index (κ1) is 16.8. The SMILES string of the molecule is CCNc1cc(N2CCc3cc(C(=O)OC)ccc3C2)nc(C2CC2)n1. The van der Waals surface area contributed by atoms with E-state index in [1.165, 1.54) is 31.1 Å². The summed E-state index contributed by atoms with van der Waals surface area (Å²) in [5.74, 6) is 3.10. The van der Waals surface area contributed by atoms with Crippen LogP contribution in [-0.2, 0) is 17.7 Å². The monoisotopic (exact) mass is 352 g/mol. The largest absolute Gasteiger partial charge is 0.465 e. The van der Waals surface area contributed by atoms with Crippen molar-refractivity contribution in [1.29, 1.82) is 0 Å². The van der Waals surface area contributed by atoms with E-state index in [0.29, 0.717) is 11.5 Å². The Kier molecular flexibility index (Phi) is 4.49. The van der Waals surface area contributed by atoms with Crippen LogP contribution in [0, 0.1) is 0 Å². The second-order valence-corrected chi connectivity index (χ2v) is 6.92. The first-order valence-corrected chi connectivity index (χ1v) is 9.26. The van der Waals surface area contributed by atoms with Gasteiger partial charge in [-0.25, -0.2) is 14.8 Å². The highest BCUT2D eigenvalue weighted by Gasteiger charge is 2.28. The maximum absolute atomic E-state index is 11.7. The molecule has 1 aliphatic carbocycles. The van der Waals surface area contributed by atoms with Gasteiger partial charge in [0, 0.05) is 31.6 Å². The standard InChI is InChI=1S/C20H24N4O2/c1-3-21-17-11-18(23-19(22-17)13-4-5-13)24-9-8-14-10-15(20(25)26-2)6-7-16(14)12-24/h6-7,10-11,13H,3-5,8-9,12H2,1-2H3,(H,21,22,23). The molecule has 1 aromatic heterocycles. The molecule has 0 unspecified atom stereocenters. The van der Waals surface area contributed by atoms with Crippen LogP contribution >= 0.6 is 0 Å². The first-order valence-electron chi connectivity index (χ1n) is 9.26. The van der Waals surface area contributed by atoms with E-state index in [9.17, 15) is 4.79 Å². The van der Waals surface area contributed by atoms with Gasteiger partial charge in [-0.3, -0.25) is 0 Å². The summed E-state index contributed by atoms with van der Waals surface area (Å²) >= 11 is 0. The Morgan fingerprint density at radius 1 is 1.27 bits per heavy atom. The van der Waals surface area contributed by atoms with Crippen molar-refractivity contribution in [3.05, 3.63) is 46.8 Å². The molecule has 2 aromatic rings. The quantitative estimate of drug-likeness (QED) is 0.834. The Labute approximate surface area is 153 Å². The van der Waals surface area contributed by atoms with E-state index >= 15 is 0 Å². The Balaban J connectivity index is 1.59. The fraction of sp³-hybridized carbons (Fsp3) is 0.450. The lowest BCUT2D eigenvalue weighted by Gasteiger charge is -2.30. The summed E-state index contributed by atoms with van der Waals surface area (Å²) in [5, 5.41) is 3.33. The second kappa shape index (κ2) is 6.94. The lowest BCUT2D eigenvalue weighted by Crippen LogP contribution is -2.31. The lowest BCUT2D eigenvalue weighted by molar-refractivity contribution is 0.0600. The van der Waals surface area contributed by atoms with Crippen molar-refractivity contribution in [2.75, 3.05) is 30.4 Å². The molecule has 2 heterocycles. The fourth-order valence-corrected chi connectivity index (χ4v) is 3.40. The van der Waals surface area contributed by atoms with Crippen molar-refractivity contribution in [3.63, 3.8) is 0 Å². The Morgan fingerprint density at radius 3 is 2.85 bits per heavy atom. The zero-order chi connectivity index (χ0) is 18.1. The number of fused-ring (bicyclic) bond motifs is 1. The van der Waals surface area contributed by atoms with E-state index in [-0.39, 0.29) is 5.97 Å². The zero-order valence-electron chi connectivity index (χ0n) is 15.3. The number of rotatable bonds is 5. The van der Waals surface area contributed by atoms with Crippen molar-refractivity contribution in [3.8, 4) is 0 Å². The summed E-state index contributed by atoms with van der Waals surface area (Å²) < 4.78 is 4.82. The Bertz CT molecular complexity index is 833. The molecule has 1 saturated carbocycles.